The number of amides is 1. The van der Waals surface area contributed by atoms with Gasteiger partial charge in [-0.05, 0) is 30.3 Å². The van der Waals surface area contributed by atoms with E-state index in [0.29, 0.717) is 16.4 Å². The van der Waals surface area contributed by atoms with E-state index in [1.54, 1.807) is 28.8 Å². The highest BCUT2D eigenvalue weighted by Gasteiger charge is 2.12. The van der Waals surface area contributed by atoms with Gasteiger partial charge in [0.1, 0.15) is 5.03 Å². The van der Waals surface area contributed by atoms with Crippen LogP contribution in [0.3, 0.4) is 0 Å². The van der Waals surface area contributed by atoms with Gasteiger partial charge in [-0.2, -0.15) is 9.61 Å². The predicted octanol–water partition coefficient (Wildman–Crippen LogP) is 3.63. The standard InChI is InChI=1S/C16H16ClN5OS/c1-10(2)16-20-19-13-6-7-15(21-22(13)16)24-9-14(23)18-12-5-3-4-11(17)8-12/h3-8,10H,9H2,1-2H3,(H,18,23). The third-order valence-corrected chi connectivity index (χ3v) is 4.39. The van der Waals surface area contributed by atoms with E-state index in [9.17, 15) is 4.79 Å². The van der Waals surface area contributed by atoms with Crippen molar-refractivity contribution in [3.63, 3.8) is 0 Å². The number of halogens is 1. The van der Waals surface area contributed by atoms with Crippen molar-refractivity contribution in [2.24, 2.45) is 0 Å². The summed E-state index contributed by atoms with van der Waals surface area (Å²) < 4.78 is 1.72. The number of aromatic nitrogens is 4. The quantitative estimate of drug-likeness (QED) is 0.702. The van der Waals surface area contributed by atoms with Crippen LogP contribution in [0.5, 0.6) is 0 Å². The maximum Gasteiger partial charge on any atom is 0.234 e. The summed E-state index contributed by atoms with van der Waals surface area (Å²) in [6.45, 7) is 4.08. The molecule has 1 aromatic carbocycles. The van der Waals surface area contributed by atoms with Crippen molar-refractivity contribution in [1.82, 2.24) is 19.8 Å². The van der Waals surface area contributed by atoms with Crippen LogP contribution in [-0.4, -0.2) is 31.5 Å². The molecule has 24 heavy (non-hydrogen) atoms. The van der Waals surface area contributed by atoms with Gasteiger partial charge < -0.3 is 5.32 Å². The number of rotatable bonds is 5. The molecule has 0 radical (unpaired) electrons. The molecule has 0 bridgehead atoms. The summed E-state index contributed by atoms with van der Waals surface area (Å²) in [7, 11) is 0. The Hall–Kier alpha value is -2.12. The van der Waals surface area contributed by atoms with Crippen molar-refractivity contribution >= 4 is 40.6 Å². The van der Waals surface area contributed by atoms with Gasteiger partial charge in [-0.15, -0.1) is 10.2 Å². The molecule has 1 N–H and O–H groups in total. The Morgan fingerprint density at radius 1 is 1.29 bits per heavy atom. The molecule has 0 aliphatic rings. The monoisotopic (exact) mass is 361 g/mol. The molecule has 6 nitrogen and oxygen atoms in total. The van der Waals surface area contributed by atoms with Gasteiger partial charge in [0.15, 0.2) is 11.5 Å². The maximum atomic E-state index is 12.1. The second kappa shape index (κ2) is 7.19. The average molecular weight is 362 g/mol. The van der Waals surface area contributed by atoms with E-state index in [0.717, 1.165) is 10.9 Å². The number of nitrogens with one attached hydrogen (secondary N) is 1. The van der Waals surface area contributed by atoms with E-state index in [2.05, 4.69) is 20.6 Å². The minimum absolute atomic E-state index is 0.114. The lowest BCUT2D eigenvalue weighted by molar-refractivity contribution is -0.113. The average Bonchev–Trinajstić information content (AvgIpc) is 2.96. The zero-order chi connectivity index (χ0) is 17.1. The maximum absolute atomic E-state index is 12.1. The fraction of sp³-hybridized carbons (Fsp3) is 0.250. The Labute approximate surface area is 148 Å². The number of carbonyl (C=O) groups excluding carboxylic acids is 1. The number of carbonyl (C=O) groups is 1. The summed E-state index contributed by atoms with van der Waals surface area (Å²) in [6.07, 6.45) is 0. The molecule has 0 spiro atoms. The molecule has 8 heteroatoms. The molecule has 2 aromatic heterocycles. The summed E-state index contributed by atoms with van der Waals surface area (Å²) in [5, 5.41) is 16.9. The minimum atomic E-state index is -0.114. The molecule has 0 atom stereocenters. The van der Waals surface area contributed by atoms with Gasteiger partial charge in [-0.1, -0.05) is 43.3 Å². The van der Waals surface area contributed by atoms with Crippen molar-refractivity contribution in [1.29, 1.82) is 0 Å². The molecule has 0 aliphatic carbocycles. The first kappa shape index (κ1) is 16.7. The summed E-state index contributed by atoms with van der Waals surface area (Å²) >= 11 is 7.26. The molecule has 3 aromatic rings. The highest BCUT2D eigenvalue weighted by Crippen LogP contribution is 2.19. The van der Waals surface area contributed by atoms with Crippen molar-refractivity contribution in [3.8, 4) is 0 Å². The van der Waals surface area contributed by atoms with E-state index in [1.807, 2.05) is 26.0 Å². The normalized spacial score (nSPS) is 11.2. The topological polar surface area (TPSA) is 72.2 Å². The van der Waals surface area contributed by atoms with Crippen LogP contribution in [-0.2, 0) is 4.79 Å². The van der Waals surface area contributed by atoms with E-state index >= 15 is 0 Å². The number of hydrogen-bond donors (Lipinski definition) is 1. The SMILES string of the molecule is CC(C)c1nnc2ccc(SCC(=O)Nc3cccc(Cl)c3)nn12. The molecular weight excluding hydrogens is 346 g/mol. The lowest BCUT2D eigenvalue weighted by Gasteiger charge is -2.06. The number of nitrogens with zero attached hydrogens (tertiary/aromatic N) is 4. The second-order valence-corrected chi connectivity index (χ2v) is 6.93. The molecule has 124 valence electrons. The first-order chi connectivity index (χ1) is 11.5. The van der Waals surface area contributed by atoms with E-state index in [1.165, 1.54) is 11.8 Å². The lowest BCUT2D eigenvalue weighted by atomic mass is 10.2. The number of thioether (sulfide) groups is 1. The summed E-state index contributed by atoms with van der Waals surface area (Å²) in [5.41, 5.74) is 1.38. The number of hydrogen-bond acceptors (Lipinski definition) is 5. The van der Waals surface area contributed by atoms with Crippen LogP contribution in [0.15, 0.2) is 41.4 Å². The summed E-state index contributed by atoms with van der Waals surface area (Å²) in [6, 6.07) is 10.7. The third kappa shape index (κ3) is 3.85. The van der Waals surface area contributed by atoms with Crippen molar-refractivity contribution in [2.75, 3.05) is 11.1 Å². The lowest BCUT2D eigenvalue weighted by Crippen LogP contribution is -2.14. The molecule has 0 saturated heterocycles. The Bertz CT molecular complexity index is 880. The largest absolute Gasteiger partial charge is 0.325 e. The molecule has 1 amide bonds. The van der Waals surface area contributed by atoms with Crippen LogP contribution in [0.2, 0.25) is 5.02 Å². The fourth-order valence-corrected chi connectivity index (χ4v) is 2.97. The van der Waals surface area contributed by atoms with Crippen molar-refractivity contribution in [3.05, 3.63) is 47.2 Å². The van der Waals surface area contributed by atoms with Crippen LogP contribution in [0.4, 0.5) is 5.69 Å². The zero-order valence-corrected chi connectivity index (χ0v) is 14.8. The van der Waals surface area contributed by atoms with Crippen LogP contribution < -0.4 is 5.32 Å². The second-order valence-electron chi connectivity index (χ2n) is 5.50. The van der Waals surface area contributed by atoms with Gasteiger partial charge in [-0.3, -0.25) is 4.79 Å². The molecule has 0 aliphatic heterocycles. The number of anilines is 1. The van der Waals surface area contributed by atoms with Gasteiger partial charge in [0.05, 0.1) is 5.75 Å². The van der Waals surface area contributed by atoms with E-state index in [-0.39, 0.29) is 17.6 Å². The highest BCUT2D eigenvalue weighted by molar-refractivity contribution is 7.99. The van der Waals surface area contributed by atoms with Crippen LogP contribution in [0, 0.1) is 0 Å². The summed E-state index contributed by atoms with van der Waals surface area (Å²) in [4.78, 5) is 12.1. The number of benzene rings is 1. The van der Waals surface area contributed by atoms with Crippen molar-refractivity contribution in [2.45, 2.75) is 24.8 Å². The van der Waals surface area contributed by atoms with Gasteiger partial charge in [0.2, 0.25) is 5.91 Å². The third-order valence-electron chi connectivity index (χ3n) is 3.24. The molecule has 0 unspecified atom stereocenters. The Balaban J connectivity index is 1.66. The van der Waals surface area contributed by atoms with Crippen molar-refractivity contribution < 1.29 is 4.79 Å². The van der Waals surface area contributed by atoms with E-state index < -0.39 is 0 Å². The molecule has 0 saturated carbocycles. The van der Waals surface area contributed by atoms with E-state index in [4.69, 9.17) is 11.6 Å². The number of fused-ring (bicyclic) bond motifs is 1. The first-order valence-electron chi connectivity index (χ1n) is 7.43. The van der Waals surface area contributed by atoms with Gasteiger partial charge in [-0.25, -0.2) is 0 Å². The molecule has 0 fully saturated rings. The molecular formula is C16H16ClN5OS. The Kier molecular flexibility index (Phi) is 5.01. The summed E-state index contributed by atoms with van der Waals surface area (Å²) in [5.74, 6) is 1.16. The Morgan fingerprint density at radius 2 is 2.12 bits per heavy atom. The predicted molar refractivity (Wildman–Crippen MR) is 95.7 cm³/mol. The minimum Gasteiger partial charge on any atom is -0.325 e. The van der Waals surface area contributed by atoms with Crippen LogP contribution in [0.25, 0.3) is 5.65 Å². The Morgan fingerprint density at radius 3 is 2.88 bits per heavy atom. The van der Waals surface area contributed by atoms with Gasteiger partial charge in [0.25, 0.3) is 0 Å². The van der Waals surface area contributed by atoms with Crippen LogP contribution >= 0.6 is 23.4 Å². The highest BCUT2D eigenvalue weighted by atomic mass is 35.5. The molecule has 3 rings (SSSR count). The van der Waals surface area contributed by atoms with Gasteiger partial charge in [0, 0.05) is 16.6 Å². The molecule has 2 heterocycles. The first-order valence-corrected chi connectivity index (χ1v) is 8.80. The van der Waals surface area contributed by atoms with Crippen LogP contribution in [0.1, 0.15) is 25.6 Å². The zero-order valence-electron chi connectivity index (χ0n) is 13.2. The smallest absolute Gasteiger partial charge is 0.234 e. The van der Waals surface area contributed by atoms with Gasteiger partial charge >= 0.3 is 0 Å². The fourth-order valence-electron chi connectivity index (χ4n) is 2.13.